The van der Waals surface area contributed by atoms with Gasteiger partial charge >= 0.3 is 17.9 Å². The Labute approximate surface area is 840 Å². The molecule has 830 valence electrons. The maximum Gasteiger partial charge on any atom is 0.308 e. The van der Waals surface area contributed by atoms with Crippen LogP contribution in [0.25, 0.3) is 0 Å². The van der Waals surface area contributed by atoms with Crippen molar-refractivity contribution in [2.75, 3.05) is 26.4 Å². The number of carbonyl (C=O) groups excluding carboxylic acids is 7. The maximum atomic E-state index is 15.5. The Morgan fingerprint density at radius 2 is 0.782 bits per heavy atom. The van der Waals surface area contributed by atoms with E-state index in [0.717, 1.165) is 225 Å². The molecule has 4 heterocycles. The smallest absolute Gasteiger partial charge is 0.308 e. The number of rotatable bonds is 84. The molecule has 24 atom stereocenters. The first-order valence-electron chi connectivity index (χ1n) is 53.4. The molecule has 0 aliphatic carbocycles. The second-order valence-corrected chi connectivity index (χ2v) is 41.4. The summed E-state index contributed by atoms with van der Waals surface area (Å²) in [5.74, 6) is -17.9. The minimum absolute atomic E-state index is 0.0460. The molecule has 42 heteroatoms. The summed E-state index contributed by atoms with van der Waals surface area (Å²) in [6.07, 6.45) is -4.96. The Balaban J connectivity index is 2.01. The van der Waals surface area contributed by atoms with Crippen molar-refractivity contribution in [2.24, 2.45) is 0 Å². The zero-order valence-corrected chi connectivity index (χ0v) is 86.8. The van der Waals surface area contributed by atoms with Crippen molar-refractivity contribution < 1.29 is 185 Å². The van der Waals surface area contributed by atoms with Gasteiger partial charge in [0.1, 0.15) is 91.2 Å². The van der Waals surface area contributed by atoms with Crippen molar-refractivity contribution in [3.05, 3.63) is 12.2 Å². The van der Waals surface area contributed by atoms with E-state index in [1.54, 1.807) is 0 Å². The third-order valence-electron chi connectivity index (χ3n) is 26.7. The van der Waals surface area contributed by atoms with Crippen LogP contribution in [0.1, 0.15) is 407 Å². The molecule has 13 N–H and O–H groups in total. The third kappa shape index (κ3) is 52.3. The number of allylic oxidation sites excluding steroid dienone is 2. The predicted octanol–water partition coefficient (Wildman–Crippen LogP) is 6.82. The molecule has 4 aliphatic rings. The molecule has 4 aliphatic heterocycles. The summed E-state index contributed by atoms with van der Waals surface area (Å²) < 4.78 is 96.7. The van der Waals surface area contributed by atoms with Crippen LogP contribution in [0.2, 0.25) is 0 Å². The van der Waals surface area contributed by atoms with E-state index in [-0.39, 0.29) is 32.1 Å². The van der Waals surface area contributed by atoms with Crippen LogP contribution in [-0.2, 0) is 99.1 Å². The van der Waals surface area contributed by atoms with Crippen molar-refractivity contribution in [1.29, 1.82) is 0 Å². The molecule has 0 saturated carbocycles. The van der Waals surface area contributed by atoms with E-state index in [2.05, 4.69) is 57.4 Å². The SMILES string of the molecule is CCCCCC/C=C\CCCCCCCC(=O)O[C@H](CCCCCCCCCCC)CC(=O)N[C@H]1[C@H](OC[C@H]2O[C@H](OP(=O)([O-])[O-])[C@H](NC(=O)C[C@H](O)CCCCCCCCCCC)[C@@H](OC(=O)C[C@H](O)CCCCCCCCCCC)[C@@H]2O)O[C@H](CO[C@]2(C(=O)[O-])C[C@@H](O[C@]3(C(=O)[O-])C[C@@H](O)[C@@H](O)[C@@H]([C@H](O)CO)O3)[C@@H](O)[C@@H]([C@H](O)CO)O2)[C@@H](OP(=O)([O-])[O-])[C@@H]1OC(=O)C[C@H](O)CCCCCCCCCCC. The molecule has 0 aromatic carbocycles. The van der Waals surface area contributed by atoms with Crippen LogP contribution in [0.4, 0.5) is 0 Å². The topological polar surface area (TPSA) is 649 Å². The van der Waals surface area contributed by atoms with E-state index in [4.69, 9.17) is 56.4 Å². The standard InChI is InChI=1S/C100H182N2O38P2/c1-6-11-16-21-26-31-32-33-34-39-44-49-54-59-82(113)131-73(58-53-48-43-38-30-25-20-15-10-5)63-81(112)102-86-94(135-84(115)62-72(107)57-52-47-42-37-29-24-19-14-9-4)92(139-141(123,124)125)79(69-130-99(97(119)120)65-77(88(117)91(137-99)76(110)67-104)136-100(98(121)122)64-74(108)87(116)90(138-100)75(109)66-103)133-95(86)129-68-78-89(118)93(134-83(114)61-71(106)56-51-46-41-36-28-23-18-13-8-3)85(96(132-78)140-142(126,127)128)101-80(111)60-70(105)55-50-45-40-35-27-22-17-12-7-2/h31-32,70-79,85-96,103-110,116-118H,6-30,33-69H2,1-5H3,(H,101,111)(H,102,112)(H,119,120)(H,121,122)(H2,123,124,125)(H2,126,127,128)/p-6/b32-31-/t70-,71-,72-,73-,74-,75-,76-,77-,78-,79-,85-,86-,87-,88-,89-,90-,91-,92-,93-,94-,95-,96-,99-,100-/m1/s1. The number of nitrogens with one attached hydrogen (secondary N) is 2. The zero-order valence-electron chi connectivity index (χ0n) is 85.0. The first kappa shape index (κ1) is 130. The Morgan fingerprint density at radius 1 is 0.408 bits per heavy atom. The minimum Gasteiger partial charge on any atom is -0.790 e. The van der Waals surface area contributed by atoms with Crippen molar-refractivity contribution >= 4 is 57.3 Å². The Morgan fingerprint density at radius 3 is 1.22 bits per heavy atom. The van der Waals surface area contributed by atoms with Gasteiger partial charge in [0.15, 0.2) is 24.8 Å². The number of carboxylic acid groups (broad SMARTS) is 2. The summed E-state index contributed by atoms with van der Waals surface area (Å²) in [5.41, 5.74) is 0. The molecule has 4 saturated heterocycles. The van der Waals surface area contributed by atoms with Gasteiger partial charge in [0, 0.05) is 19.3 Å². The number of carbonyl (C=O) groups is 7. The lowest BCUT2D eigenvalue weighted by molar-refractivity contribution is -0.420. The van der Waals surface area contributed by atoms with E-state index < -0.39 is 268 Å². The van der Waals surface area contributed by atoms with Crippen LogP contribution < -0.4 is 40.4 Å². The number of ether oxygens (including phenoxy) is 10. The van der Waals surface area contributed by atoms with E-state index >= 15 is 4.79 Å². The molecule has 2 amide bonds. The number of carboxylic acids is 2. The normalized spacial score (nSPS) is 26.3. The van der Waals surface area contributed by atoms with E-state index in [1.165, 1.54) is 12.8 Å². The van der Waals surface area contributed by atoms with E-state index in [9.17, 15) is 124 Å². The van der Waals surface area contributed by atoms with Crippen LogP contribution in [-0.4, -0.2) is 270 Å². The minimum atomic E-state index is -6.69. The third-order valence-corrected chi connectivity index (χ3v) is 27.6. The lowest BCUT2D eigenvalue weighted by atomic mass is 9.90. The molecule has 0 unspecified atom stereocenters. The number of phosphoric ester groups is 2. The number of hydrogen-bond donors (Lipinski definition) is 13. The van der Waals surface area contributed by atoms with Crippen molar-refractivity contribution in [2.45, 2.75) is 553 Å². The number of aliphatic carboxylic acids is 2. The highest BCUT2D eigenvalue weighted by Crippen LogP contribution is 2.44. The average Bonchev–Trinajstić information content (AvgIpc) is 0.748. The highest BCUT2D eigenvalue weighted by atomic mass is 31.2. The van der Waals surface area contributed by atoms with Crippen molar-refractivity contribution in [1.82, 2.24) is 10.6 Å². The van der Waals surface area contributed by atoms with Crippen LogP contribution >= 0.6 is 15.6 Å². The molecule has 4 rings (SSSR count). The van der Waals surface area contributed by atoms with Crippen LogP contribution in [0.15, 0.2) is 12.2 Å². The van der Waals surface area contributed by atoms with Crippen LogP contribution in [0.3, 0.4) is 0 Å². The monoisotopic (exact) mass is 2080 g/mol. The fourth-order valence-corrected chi connectivity index (χ4v) is 19.5. The Kier molecular flexibility index (Phi) is 67.3. The fraction of sp³-hybridized carbons (Fsp3) is 0.910. The predicted molar refractivity (Wildman–Crippen MR) is 508 cm³/mol. The van der Waals surface area contributed by atoms with Crippen molar-refractivity contribution in [3.8, 4) is 0 Å². The molecular weight excluding hydrogens is 1900 g/mol. The first-order chi connectivity index (χ1) is 67.8. The first-order valence-corrected chi connectivity index (χ1v) is 56.4. The molecule has 0 radical (unpaired) electrons. The second-order valence-electron chi connectivity index (χ2n) is 39.2. The van der Waals surface area contributed by atoms with Gasteiger partial charge in [0.05, 0.1) is 98.3 Å². The van der Waals surface area contributed by atoms with Gasteiger partial charge in [-0.05, 0) is 64.2 Å². The molecule has 0 spiro atoms. The van der Waals surface area contributed by atoms with Gasteiger partial charge in [-0.25, -0.2) is 0 Å². The molecule has 0 bridgehead atoms. The van der Waals surface area contributed by atoms with Gasteiger partial charge in [-0.1, -0.05) is 310 Å². The van der Waals surface area contributed by atoms with Gasteiger partial charge in [0.25, 0.3) is 0 Å². The largest absolute Gasteiger partial charge is 0.790 e. The number of unbranched alkanes of at least 4 members (excludes halogenated alkanes) is 41. The fourth-order valence-electron chi connectivity index (χ4n) is 18.5. The molecule has 0 aromatic heterocycles. The molecule has 40 nitrogen and oxygen atoms in total. The van der Waals surface area contributed by atoms with Gasteiger partial charge in [0.2, 0.25) is 23.4 Å². The second kappa shape index (κ2) is 73.6. The van der Waals surface area contributed by atoms with E-state index in [0.29, 0.717) is 64.2 Å². The summed E-state index contributed by atoms with van der Waals surface area (Å²) in [6, 6.07) is -4.60. The zero-order chi connectivity index (χ0) is 105. The quantitative estimate of drug-likeness (QED) is 0.00976. The van der Waals surface area contributed by atoms with Gasteiger partial charge in [-0.2, -0.15) is 0 Å². The van der Waals surface area contributed by atoms with Crippen molar-refractivity contribution in [3.63, 3.8) is 0 Å². The summed E-state index contributed by atoms with van der Waals surface area (Å²) in [6.45, 7) is 4.80. The maximum absolute atomic E-state index is 15.5. The number of aliphatic hydroxyl groups excluding tert-OH is 11. The molecule has 0 aromatic rings. The molecule has 4 fully saturated rings. The number of esters is 3. The summed E-state index contributed by atoms with van der Waals surface area (Å²) in [5, 5.41) is 155. The summed E-state index contributed by atoms with van der Waals surface area (Å²) in [7, 11) is -13.1. The molecule has 142 heavy (non-hydrogen) atoms. The number of amides is 2. The number of aliphatic hydroxyl groups is 11. The number of hydrogen-bond acceptors (Lipinski definition) is 38. The average molecular weight is 2080 g/mol. The highest BCUT2D eigenvalue weighted by Gasteiger charge is 2.60. The van der Waals surface area contributed by atoms with Crippen LogP contribution in [0, 0.1) is 0 Å². The van der Waals surface area contributed by atoms with Gasteiger partial charge in [-0.15, -0.1) is 0 Å². The Hall–Kier alpha value is -4.47. The summed E-state index contributed by atoms with van der Waals surface area (Å²) >= 11 is 0. The molecular formula is C100H176N2O38P2-6. The Bertz CT molecular complexity index is 3530. The van der Waals surface area contributed by atoms with Gasteiger partial charge < -0.3 is 172 Å². The van der Waals surface area contributed by atoms with Crippen LogP contribution in [0.5, 0.6) is 0 Å². The highest BCUT2D eigenvalue weighted by molar-refractivity contribution is 7.43. The summed E-state index contributed by atoms with van der Waals surface area (Å²) in [4.78, 5) is 154. The van der Waals surface area contributed by atoms with E-state index in [1.807, 2.05) is 0 Å². The number of phosphoric acid groups is 2. The van der Waals surface area contributed by atoms with Gasteiger partial charge in [-0.3, -0.25) is 24.0 Å². The lowest BCUT2D eigenvalue weighted by Crippen LogP contribution is -2.71. The lowest BCUT2D eigenvalue weighted by Gasteiger charge is -2.53.